The molecule has 1 saturated heterocycles. The molecule has 1 aliphatic heterocycles. The summed E-state index contributed by atoms with van der Waals surface area (Å²) in [6, 6.07) is 4.29. The van der Waals surface area contributed by atoms with E-state index in [1.54, 1.807) is 12.3 Å². The molecule has 2 rings (SSSR count). The first-order valence-electron chi connectivity index (χ1n) is 7.52. The van der Waals surface area contributed by atoms with Crippen molar-refractivity contribution >= 4 is 5.91 Å². The van der Waals surface area contributed by atoms with Gasteiger partial charge in [0.1, 0.15) is 0 Å². The molecule has 3 N–H and O–H groups in total. The van der Waals surface area contributed by atoms with Crippen LogP contribution < -0.4 is 11.3 Å². The fraction of sp³-hybridized carbons (Fsp3) is 0.600. The zero-order valence-electron chi connectivity index (χ0n) is 12.9. The summed E-state index contributed by atoms with van der Waals surface area (Å²) < 4.78 is 0. The lowest BCUT2D eigenvalue weighted by molar-refractivity contribution is 0.0953. The molecule has 21 heavy (non-hydrogen) atoms. The number of likely N-dealkylation sites (N-methyl/N-ethyl adjacent to an activating group) is 2. The molecule has 0 aromatic carbocycles. The minimum atomic E-state index is -0.313. The van der Waals surface area contributed by atoms with Crippen LogP contribution in [0.3, 0.4) is 0 Å². The SMILES string of the molecule is CCN1CCCC1CN(C)Cc1ccc(C(=O)NN)cn1. The monoisotopic (exact) mass is 291 g/mol. The second kappa shape index (κ2) is 7.49. The molecule has 1 atom stereocenters. The van der Waals surface area contributed by atoms with Gasteiger partial charge >= 0.3 is 0 Å². The first kappa shape index (κ1) is 15.9. The Morgan fingerprint density at radius 3 is 3.00 bits per heavy atom. The van der Waals surface area contributed by atoms with Gasteiger partial charge in [-0.05, 0) is 45.1 Å². The molecule has 0 radical (unpaired) electrons. The molecule has 1 unspecified atom stereocenters. The molecular formula is C15H25N5O. The molecule has 2 heterocycles. The van der Waals surface area contributed by atoms with Crippen LogP contribution in [0.25, 0.3) is 0 Å². The maximum atomic E-state index is 11.4. The lowest BCUT2D eigenvalue weighted by atomic mass is 10.2. The number of hydrazine groups is 1. The summed E-state index contributed by atoms with van der Waals surface area (Å²) in [4.78, 5) is 20.5. The third-order valence-electron chi connectivity index (χ3n) is 4.08. The van der Waals surface area contributed by atoms with Crippen molar-refractivity contribution in [1.29, 1.82) is 0 Å². The number of nitrogen functional groups attached to an aromatic ring is 1. The standard InChI is InChI=1S/C15H25N5O/c1-3-20-8-4-5-14(20)11-19(2)10-13-7-6-12(9-17-13)15(21)18-16/h6-7,9,14H,3-5,8,10-11,16H2,1-2H3,(H,18,21). The quantitative estimate of drug-likeness (QED) is 0.456. The lowest BCUT2D eigenvalue weighted by Crippen LogP contribution is -2.38. The first-order valence-corrected chi connectivity index (χ1v) is 7.52. The van der Waals surface area contributed by atoms with E-state index in [0.29, 0.717) is 11.6 Å². The van der Waals surface area contributed by atoms with Crippen molar-refractivity contribution < 1.29 is 4.79 Å². The number of nitrogens with zero attached hydrogens (tertiary/aromatic N) is 3. The topological polar surface area (TPSA) is 74.5 Å². The Balaban J connectivity index is 1.87. The molecule has 0 saturated carbocycles. The summed E-state index contributed by atoms with van der Waals surface area (Å²) in [5, 5.41) is 0. The second-order valence-corrected chi connectivity index (χ2v) is 5.63. The van der Waals surface area contributed by atoms with Gasteiger partial charge in [-0.25, -0.2) is 5.84 Å². The van der Waals surface area contributed by atoms with Crippen molar-refractivity contribution in [3.63, 3.8) is 0 Å². The second-order valence-electron chi connectivity index (χ2n) is 5.63. The Morgan fingerprint density at radius 1 is 1.57 bits per heavy atom. The van der Waals surface area contributed by atoms with E-state index < -0.39 is 0 Å². The van der Waals surface area contributed by atoms with Crippen molar-refractivity contribution in [1.82, 2.24) is 20.2 Å². The summed E-state index contributed by atoms with van der Waals surface area (Å²) in [5.74, 6) is 4.79. The minimum absolute atomic E-state index is 0.313. The van der Waals surface area contributed by atoms with Gasteiger partial charge in [-0.3, -0.25) is 25.0 Å². The summed E-state index contributed by atoms with van der Waals surface area (Å²) >= 11 is 0. The fourth-order valence-corrected chi connectivity index (χ4v) is 2.95. The number of hydrogen-bond acceptors (Lipinski definition) is 5. The van der Waals surface area contributed by atoms with E-state index in [4.69, 9.17) is 5.84 Å². The first-order chi connectivity index (χ1) is 10.1. The Morgan fingerprint density at radius 2 is 2.38 bits per heavy atom. The molecule has 116 valence electrons. The maximum absolute atomic E-state index is 11.4. The van der Waals surface area contributed by atoms with Gasteiger partial charge in [-0.1, -0.05) is 6.92 Å². The number of nitrogens with two attached hydrogens (primary N) is 1. The smallest absolute Gasteiger partial charge is 0.266 e. The van der Waals surface area contributed by atoms with Crippen LogP contribution in [-0.4, -0.2) is 53.4 Å². The molecule has 0 aliphatic carbocycles. The zero-order valence-corrected chi connectivity index (χ0v) is 12.9. The number of rotatable bonds is 6. The summed E-state index contributed by atoms with van der Waals surface area (Å²) in [6.07, 6.45) is 4.15. The van der Waals surface area contributed by atoms with Gasteiger partial charge < -0.3 is 0 Å². The zero-order chi connectivity index (χ0) is 15.2. The van der Waals surface area contributed by atoms with Crippen molar-refractivity contribution in [2.75, 3.05) is 26.7 Å². The summed E-state index contributed by atoms with van der Waals surface area (Å²) in [5.41, 5.74) is 3.55. The number of hydrogen-bond donors (Lipinski definition) is 2. The van der Waals surface area contributed by atoms with Gasteiger partial charge in [0.2, 0.25) is 0 Å². The molecule has 1 aliphatic rings. The molecule has 1 aromatic rings. The van der Waals surface area contributed by atoms with E-state index in [2.05, 4.69) is 34.2 Å². The van der Waals surface area contributed by atoms with E-state index in [-0.39, 0.29) is 5.91 Å². The summed E-state index contributed by atoms with van der Waals surface area (Å²) in [7, 11) is 2.12. The van der Waals surface area contributed by atoms with Gasteiger partial charge in [-0.2, -0.15) is 0 Å². The van der Waals surface area contributed by atoms with E-state index in [1.807, 2.05) is 6.07 Å². The predicted octanol–water partition coefficient (Wildman–Crippen LogP) is 0.601. The lowest BCUT2D eigenvalue weighted by Gasteiger charge is -2.27. The average Bonchev–Trinajstić information content (AvgIpc) is 2.94. The van der Waals surface area contributed by atoms with Gasteiger partial charge in [0.05, 0.1) is 11.3 Å². The molecule has 0 bridgehead atoms. The Kier molecular flexibility index (Phi) is 5.67. The van der Waals surface area contributed by atoms with Crippen LogP contribution >= 0.6 is 0 Å². The van der Waals surface area contributed by atoms with E-state index in [0.717, 1.165) is 25.3 Å². The highest BCUT2D eigenvalue weighted by Crippen LogP contribution is 2.17. The fourth-order valence-electron chi connectivity index (χ4n) is 2.95. The minimum Gasteiger partial charge on any atom is -0.299 e. The highest BCUT2D eigenvalue weighted by Gasteiger charge is 2.23. The number of carbonyl (C=O) groups excluding carboxylic acids is 1. The van der Waals surface area contributed by atoms with Crippen LogP contribution in [0.1, 0.15) is 35.8 Å². The van der Waals surface area contributed by atoms with E-state index in [9.17, 15) is 4.79 Å². The van der Waals surface area contributed by atoms with Gasteiger partial charge in [-0.15, -0.1) is 0 Å². The number of aromatic nitrogens is 1. The highest BCUT2D eigenvalue weighted by molar-refractivity contribution is 5.93. The Labute approximate surface area is 126 Å². The molecule has 1 amide bonds. The van der Waals surface area contributed by atoms with Gasteiger partial charge in [0, 0.05) is 25.3 Å². The van der Waals surface area contributed by atoms with Gasteiger partial charge in [0.15, 0.2) is 0 Å². The molecular weight excluding hydrogens is 266 g/mol. The Bertz CT molecular complexity index is 462. The van der Waals surface area contributed by atoms with Crippen LogP contribution in [0, 0.1) is 0 Å². The number of likely N-dealkylation sites (tertiary alicyclic amines) is 1. The molecule has 1 fully saturated rings. The number of nitrogens with one attached hydrogen (secondary N) is 1. The van der Waals surface area contributed by atoms with Crippen LogP contribution in [0.4, 0.5) is 0 Å². The number of carbonyl (C=O) groups is 1. The average molecular weight is 291 g/mol. The van der Waals surface area contributed by atoms with Crippen LogP contribution in [0.5, 0.6) is 0 Å². The molecule has 1 aromatic heterocycles. The number of pyridine rings is 1. The van der Waals surface area contributed by atoms with Crippen molar-refractivity contribution in [3.05, 3.63) is 29.6 Å². The van der Waals surface area contributed by atoms with Crippen molar-refractivity contribution in [2.45, 2.75) is 32.4 Å². The van der Waals surface area contributed by atoms with Crippen molar-refractivity contribution in [2.24, 2.45) is 5.84 Å². The summed E-state index contributed by atoms with van der Waals surface area (Å²) in [6.45, 7) is 6.41. The van der Waals surface area contributed by atoms with Crippen LogP contribution in [-0.2, 0) is 6.54 Å². The Hall–Kier alpha value is -1.50. The molecule has 0 spiro atoms. The van der Waals surface area contributed by atoms with Gasteiger partial charge in [0.25, 0.3) is 5.91 Å². The van der Waals surface area contributed by atoms with Crippen LogP contribution in [0.2, 0.25) is 0 Å². The largest absolute Gasteiger partial charge is 0.299 e. The third kappa shape index (κ3) is 4.23. The van der Waals surface area contributed by atoms with Crippen molar-refractivity contribution in [3.8, 4) is 0 Å². The maximum Gasteiger partial charge on any atom is 0.266 e. The van der Waals surface area contributed by atoms with Crippen LogP contribution in [0.15, 0.2) is 18.3 Å². The third-order valence-corrected chi connectivity index (χ3v) is 4.08. The van der Waals surface area contributed by atoms with E-state index in [1.165, 1.54) is 19.4 Å². The number of amides is 1. The highest BCUT2D eigenvalue weighted by atomic mass is 16.2. The normalized spacial score (nSPS) is 19.1. The van der Waals surface area contributed by atoms with E-state index >= 15 is 0 Å². The molecule has 6 heteroatoms. The predicted molar refractivity (Wildman–Crippen MR) is 82.5 cm³/mol. The molecule has 6 nitrogen and oxygen atoms in total.